The molecule has 0 aliphatic rings. The number of esters is 1. The Morgan fingerprint density at radius 3 is 3.12 bits per heavy atom. The fraction of sp³-hybridized carbons (Fsp3) is 0.364. The molecule has 0 radical (unpaired) electrons. The van der Waals surface area contributed by atoms with E-state index in [-0.39, 0.29) is 5.97 Å². The van der Waals surface area contributed by atoms with Crippen molar-refractivity contribution in [2.75, 3.05) is 12.9 Å². The van der Waals surface area contributed by atoms with Gasteiger partial charge in [-0.15, -0.1) is 0 Å². The number of aromatic nitrogens is 1. The Kier molecular flexibility index (Phi) is 6.57. The molecule has 17 heavy (non-hydrogen) atoms. The van der Waals surface area contributed by atoms with E-state index < -0.39 is 0 Å². The Morgan fingerprint density at radius 1 is 1.65 bits per heavy atom. The fourth-order valence-electron chi connectivity index (χ4n) is 1.06. The average molecular weight is 270 g/mol. The SMILES string of the molecule is COC(=O)CCSC(=S)NCc1cccnc1. The number of thioether (sulfide) groups is 1. The van der Waals surface area contributed by atoms with E-state index in [1.165, 1.54) is 18.9 Å². The minimum absolute atomic E-state index is 0.215. The van der Waals surface area contributed by atoms with Crippen molar-refractivity contribution in [2.24, 2.45) is 0 Å². The monoisotopic (exact) mass is 270 g/mol. The maximum atomic E-state index is 10.9. The molecule has 1 heterocycles. The van der Waals surface area contributed by atoms with Gasteiger partial charge < -0.3 is 10.1 Å². The highest BCUT2D eigenvalue weighted by molar-refractivity contribution is 8.22. The predicted octanol–water partition coefficient (Wildman–Crippen LogP) is 1.75. The van der Waals surface area contributed by atoms with Gasteiger partial charge in [-0.25, -0.2) is 0 Å². The second kappa shape index (κ2) is 8.03. The highest BCUT2D eigenvalue weighted by Crippen LogP contribution is 2.06. The lowest BCUT2D eigenvalue weighted by atomic mass is 10.3. The summed E-state index contributed by atoms with van der Waals surface area (Å²) in [5.74, 6) is 0.415. The molecule has 1 N–H and O–H groups in total. The number of carbonyl (C=O) groups excluding carboxylic acids is 1. The molecule has 0 aliphatic heterocycles. The number of rotatable bonds is 5. The molecule has 0 bridgehead atoms. The number of thiocarbonyl (C=S) groups is 1. The summed E-state index contributed by atoms with van der Waals surface area (Å²) in [7, 11) is 1.38. The van der Waals surface area contributed by atoms with Crippen molar-refractivity contribution in [3.05, 3.63) is 30.1 Å². The number of methoxy groups -OCH3 is 1. The van der Waals surface area contributed by atoms with Gasteiger partial charge in [-0.3, -0.25) is 9.78 Å². The van der Waals surface area contributed by atoms with E-state index in [1.54, 1.807) is 12.4 Å². The average Bonchev–Trinajstić information content (AvgIpc) is 2.37. The standard InChI is InChI=1S/C11H14N2O2S2/c1-15-10(14)4-6-17-11(16)13-8-9-3-2-5-12-7-9/h2-3,5,7H,4,6,8H2,1H3,(H,13,16). The zero-order valence-electron chi connectivity index (χ0n) is 9.51. The van der Waals surface area contributed by atoms with E-state index in [9.17, 15) is 4.79 Å². The summed E-state index contributed by atoms with van der Waals surface area (Å²) >= 11 is 6.56. The molecule has 1 rings (SSSR count). The van der Waals surface area contributed by atoms with Crippen LogP contribution >= 0.6 is 24.0 Å². The Labute approximate surface area is 110 Å². The largest absolute Gasteiger partial charge is 0.469 e. The maximum Gasteiger partial charge on any atom is 0.306 e. The molecular weight excluding hydrogens is 256 g/mol. The van der Waals surface area contributed by atoms with E-state index in [0.29, 0.717) is 23.0 Å². The van der Waals surface area contributed by atoms with E-state index >= 15 is 0 Å². The zero-order chi connectivity index (χ0) is 12.5. The van der Waals surface area contributed by atoms with Crippen molar-refractivity contribution in [3.63, 3.8) is 0 Å². The van der Waals surface area contributed by atoms with Crippen LogP contribution in [0.15, 0.2) is 24.5 Å². The van der Waals surface area contributed by atoms with Crippen molar-refractivity contribution < 1.29 is 9.53 Å². The Hall–Kier alpha value is -1.14. The lowest BCUT2D eigenvalue weighted by Gasteiger charge is -2.06. The van der Waals surface area contributed by atoms with Gasteiger partial charge in [0.15, 0.2) is 0 Å². The molecule has 0 aromatic carbocycles. The number of hydrogen-bond donors (Lipinski definition) is 1. The van der Waals surface area contributed by atoms with Crippen LogP contribution in [-0.4, -0.2) is 28.1 Å². The molecule has 0 saturated carbocycles. The van der Waals surface area contributed by atoms with E-state index in [1.807, 2.05) is 12.1 Å². The first-order valence-corrected chi connectivity index (χ1v) is 6.48. The van der Waals surface area contributed by atoms with Gasteiger partial charge in [0.1, 0.15) is 4.32 Å². The maximum absolute atomic E-state index is 10.9. The van der Waals surface area contributed by atoms with Gasteiger partial charge >= 0.3 is 5.97 Å². The number of pyridine rings is 1. The van der Waals surface area contributed by atoms with Gasteiger partial charge in [-0.05, 0) is 11.6 Å². The summed E-state index contributed by atoms with van der Waals surface area (Å²) in [6.07, 6.45) is 3.89. The van der Waals surface area contributed by atoms with Crippen LogP contribution in [0.1, 0.15) is 12.0 Å². The van der Waals surface area contributed by atoms with Crippen LogP contribution < -0.4 is 5.32 Å². The first-order chi connectivity index (χ1) is 8.22. The minimum atomic E-state index is -0.215. The first kappa shape index (κ1) is 13.9. The second-order valence-electron chi connectivity index (χ2n) is 3.18. The van der Waals surface area contributed by atoms with Crippen LogP contribution in [0.25, 0.3) is 0 Å². The normalized spacial score (nSPS) is 9.71. The molecule has 0 fully saturated rings. The lowest BCUT2D eigenvalue weighted by molar-refractivity contribution is -0.140. The number of ether oxygens (including phenoxy) is 1. The molecular formula is C11H14N2O2S2. The lowest BCUT2D eigenvalue weighted by Crippen LogP contribution is -2.18. The molecule has 0 unspecified atom stereocenters. The van der Waals surface area contributed by atoms with Crippen molar-refractivity contribution in [1.82, 2.24) is 10.3 Å². The van der Waals surface area contributed by atoms with Crippen molar-refractivity contribution in [3.8, 4) is 0 Å². The predicted molar refractivity (Wildman–Crippen MR) is 72.8 cm³/mol. The van der Waals surface area contributed by atoms with E-state index in [2.05, 4.69) is 15.0 Å². The molecule has 1 aromatic rings. The summed E-state index contributed by atoms with van der Waals surface area (Å²) in [5.41, 5.74) is 1.07. The fourth-order valence-corrected chi connectivity index (χ4v) is 2.01. The Balaban J connectivity index is 2.16. The summed E-state index contributed by atoms with van der Waals surface area (Å²) < 4.78 is 5.22. The highest BCUT2D eigenvalue weighted by atomic mass is 32.2. The van der Waals surface area contributed by atoms with Gasteiger partial charge in [0.25, 0.3) is 0 Å². The van der Waals surface area contributed by atoms with Crippen LogP contribution in [0.2, 0.25) is 0 Å². The molecule has 1 aromatic heterocycles. The van der Waals surface area contributed by atoms with Gasteiger partial charge in [0.05, 0.1) is 13.5 Å². The van der Waals surface area contributed by atoms with Crippen LogP contribution in [0, 0.1) is 0 Å². The molecule has 0 atom stereocenters. The van der Waals surface area contributed by atoms with Crippen LogP contribution in [-0.2, 0) is 16.1 Å². The van der Waals surface area contributed by atoms with Crippen molar-refractivity contribution >= 4 is 34.3 Å². The molecule has 4 nitrogen and oxygen atoms in total. The van der Waals surface area contributed by atoms with Gasteiger partial charge in [0, 0.05) is 24.7 Å². The Morgan fingerprint density at radius 2 is 2.47 bits per heavy atom. The van der Waals surface area contributed by atoms with Crippen molar-refractivity contribution in [2.45, 2.75) is 13.0 Å². The molecule has 92 valence electrons. The van der Waals surface area contributed by atoms with Crippen LogP contribution in [0.5, 0.6) is 0 Å². The second-order valence-corrected chi connectivity index (χ2v) is 4.95. The summed E-state index contributed by atoms with van der Waals surface area (Å²) in [6, 6.07) is 3.85. The Bertz CT molecular complexity index is 371. The molecule has 0 spiro atoms. The van der Waals surface area contributed by atoms with Crippen molar-refractivity contribution in [1.29, 1.82) is 0 Å². The summed E-state index contributed by atoms with van der Waals surface area (Å²) in [4.78, 5) is 14.9. The van der Waals surface area contributed by atoms with E-state index in [0.717, 1.165) is 5.56 Å². The van der Waals surface area contributed by atoms with Gasteiger partial charge in [-0.1, -0.05) is 30.0 Å². The third-order valence-corrected chi connectivity index (χ3v) is 3.24. The number of hydrogen-bond acceptors (Lipinski definition) is 5. The molecule has 0 aliphatic carbocycles. The third-order valence-electron chi connectivity index (χ3n) is 1.93. The summed E-state index contributed by atoms with van der Waals surface area (Å²) in [5, 5.41) is 3.09. The van der Waals surface area contributed by atoms with Gasteiger partial charge in [0.2, 0.25) is 0 Å². The molecule has 0 saturated heterocycles. The zero-order valence-corrected chi connectivity index (χ0v) is 11.1. The summed E-state index contributed by atoms with van der Waals surface area (Å²) in [6.45, 7) is 0.651. The minimum Gasteiger partial charge on any atom is -0.469 e. The highest BCUT2D eigenvalue weighted by Gasteiger charge is 2.02. The third kappa shape index (κ3) is 6.23. The first-order valence-electron chi connectivity index (χ1n) is 5.08. The van der Waals surface area contributed by atoms with Crippen LogP contribution in [0.4, 0.5) is 0 Å². The van der Waals surface area contributed by atoms with Gasteiger partial charge in [-0.2, -0.15) is 0 Å². The molecule has 0 amide bonds. The quantitative estimate of drug-likeness (QED) is 0.650. The van der Waals surface area contributed by atoms with Crippen LogP contribution in [0.3, 0.4) is 0 Å². The van der Waals surface area contributed by atoms with E-state index in [4.69, 9.17) is 12.2 Å². The smallest absolute Gasteiger partial charge is 0.306 e. The topological polar surface area (TPSA) is 51.2 Å². The molecule has 6 heteroatoms. The number of carbonyl (C=O) groups is 1. The number of nitrogens with zero attached hydrogens (tertiary/aromatic N) is 1. The number of nitrogens with one attached hydrogen (secondary N) is 1.